The minimum absolute atomic E-state index is 0.0405. The molecule has 1 saturated heterocycles. The first-order valence-electron chi connectivity index (χ1n) is 7.10. The van der Waals surface area contributed by atoms with Crippen LogP contribution in [0.2, 0.25) is 0 Å². The van der Waals surface area contributed by atoms with Crippen LogP contribution in [-0.4, -0.2) is 66.5 Å². The summed E-state index contributed by atoms with van der Waals surface area (Å²) in [6.45, 7) is 3.96. The molecular weight excluding hydrogens is 292 g/mol. The van der Waals surface area contributed by atoms with Crippen LogP contribution in [-0.2, 0) is 0 Å². The van der Waals surface area contributed by atoms with Gasteiger partial charge in [-0.25, -0.2) is 0 Å². The molecule has 116 valence electrons. The molecular formula is C15H21ClN2O3. The third-order valence-corrected chi connectivity index (χ3v) is 3.88. The second kappa shape index (κ2) is 7.52. The summed E-state index contributed by atoms with van der Waals surface area (Å²) in [5, 5.41) is 9.97. The predicted molar refractivity (Wildman–Crippen MR) is 82.3 cm³/mol. The van der Waals surface area contributed by atoms with E-state index in [-0.39, 0.29) is 11.7 Å². The van der Waals surface area contributed by atoms with E-state index in [9.17, 15) is 9.90 Å². The highest BCUT2D eigenvalue weighted by Gasteiger charge is 2.22. The molecule has 0 spiro atoms. The van der Waals surface area contributed by atoms with E-state index in [1.165, 1.54) is 13.2 Å². The molecule has 21 heavy (non-hydrogen) atoms. The quantitative estimate of drug-likeness (QED) is 0.861. The van der Waals surface area contributed by atoms with Gasteiger partial charge in [0.15, 0.2) is 0 Å². The number of hydrogen-bond acceptors (Lipinski definition) is 4. The number of carbonyl (C=O) groups is 1. The van der Waals surface area contributed by atoms with Crippen LogP contribution in [0.3, 0.4) is 0 Å². The van der Waals surface area contributed by atoms with E-state index in [1.807, 2.05) is 0 Å². The van der Waals surface area contributed by atoms with Gasteiger partial charge in [0.05, 0.1) is 12.7 Å². The number of ether oxygens (including phenoxy) is 1. The third-order valence-electron chi connectivity index (χ3n) is 3.71. The van der Waals surface area contributed by atoms with E-state index in [0.717, 1.165) is 26.1 Å². The summed E-state index contributed by atoms with van der Waals surface area (Å²) in [6, 6.07) is 4.76. The molecule has 1 aliphatic rings. The lowest BCUT2D eigenvalue weighted by Gasteiger charge is -2.22. The van der Waals surface area contributed by atoms with Gasteiger partial charge in [0, 0.05) is 38.1 Å². The van der Waals surface area contributed by atoms with Crippen LogP contribution < -0.4 is 4.74 Å². The van der Waals surface area contributed by atoms with Gasteiger partial charge in [-0.2, -0.15) is 0 Å². The molecule has 0 unspecified atom stereocenters. The number of benzene rings is 1. The Morgan fingerprint density at radius 2 is 2.14 bits per heavy atom. The minimum atomic E-state index is -0.136. The van der Waals surface area contributed by atoms with Crippen LogP contribution in [0.5, 0.6) is 11.5 Å². The van der Waals surface area contributed by atoms with Crippen LogP contribution in [0.4, 0.5) is 0 Å². The zero-order valence-electron chi connectivity index (χ0n) is 12.2. The molecule has 1 fully saturated rings. The Morgan fingerprint density at radius 1 is 1.33 bits per heavy atom. The summed E-state index contributed by atoms with van der Waals surface area (Å²) >= 11 is 5.77. The van der Waals surface area contributed by atoms with Crippen LogP contribution >= 0.6 is 11.6 Å². The number of aromatic hydroxyl groups is 1. The zero-order valence-corrected chi connectivity index (χ0v) is 13.0. The normalized spacial score (nSPS) is 16.6. The minimum Gasteiger partial charge on any atom is -0.507 e. The Kier molecular flexibility index (Phi) is 5.70. The van der Waals surface area contributed by atoms with Gasteiger partial charge < -0.3 is 19.6 Å². The van der Waals surface area contributed by atoms with Gasteiger partial charge in [-0.3, -0.25) is 4.79 Å². The Hall–Kier alpha value is -1.46. The van der Waals surface area contributed by atoms with E-state index in [1.54, 1.807) is 17.0 Å². The Morgan fingerprint density at radius 3 is 2.81 bits per heavy atom. The number of alkyl halides is 1. The highest BCUT2D eigenvalue weighted by atomic mass is 35.5. The van der Waals surface area contributed by atoms with Gasteiger partial charge in [0.1, 0.15) is 11.5 Å². The molecule has 0 saturated carbocycles. The van der Waals surface area contributed by atoms with Gasteiger partial charge in [-0.05, 0) is 25.1 Å². The molecule has 1 heterocycles. The number of hydrogen-bond donors (Lipinski definition) is 1. The fourth-order valence-electron chi connectivity index (χ4n) is 2.51. The van der Waals surface area contributed by atoms with Gasteiger partial charge in [0.25, 0.3) is 5.91 Å². The molecule has 1 aliphatic heterocycles. The Balaban J connectivity index is 2.06. The standard InChI is InChI=1S/C15H21ClN2O3/c1-21-12-3-4-13(14(19)11-12)15(20)18-7-2-6-17(8-5-16)9-10-18/h3-4,11,19H,2,5-10H2,1H3. The van der Waals surface area contributed by atoms with Gasteiger partial charge >= 0.3 is 0 Å². The fourth-order valence-corrected chi connectivity index (χ4v) is 2.75. The van der Waals surface area contributed by atoms with Crippen molar-refractivity contribution in [2.75, 3.05) is 45.7 Å². The largest absolute Gasteiger partial charge is 0.507 e. The number of rotatable bonds is 4. The summed E-state index contributed by atoms with van der Waals surface area (Å²) in [6.07, 6.45) is 0.916. The Labute approximate surface area is 130 Å². The number of methoxy groups -OCH3 is 1. The van der Waals surface area contributed by atoms with Crippen molar-refractivity contribution in [3.05, 3.63) is 23.8 Å². The monoisotopic (exact) mass is 312 g/mol. The molecule has 2 rings (SSSR count). The summed E-state index contributed by atoms with van der Waals surface area (Å²) in [5.41, 5.74) is 0.321. The first-order chi connectivity index (χ1) is 10.2. The van der Waals surface area contributed by atoms with E-state index >= 15 is 0 Å². The van der Waals surface area contributed by atoms with Crippen LogP contribution in [0.1, 0.15) is 16.8 Å². The molecule has 0 radical (unpaired) electrons. The SMILES string of the molecule is COc1ccc(C(=O)N2CCCN(CCCl)CC2)c(O)c1. The van der Waals surface area contributed by atoms with Crippen molar-refractivity contribution in [1.82, 2.24) is 9.80 Å². The first kappa shape index (κ1) is 15.9. The average molecular weight is 313 g/mol. The molecule has 5 nitrogen and oxygen atoms in total. The predicted octanol–water partition coefficient (Wildman–Crippen LogP) is 1.79. The maximum atomic E-state index is 12.5. The number of phenols is 1. The number of halogens is 1. The van der Waals surface area contributed by atoms with Gasteiger partial charge in [-0.1, -0.05) is 0 Å². The second-order valence-corrected chi connectivity index (χ2v) is 5.44. The molecule has 1 N–H and O–H groups in total. The number of carbonyl (C=O) groups excluding carboxylic acids is 1. The van der Waals surface area contributed by atoms with Crippen molar-refractivity contribution in [3.63, 3.8) is 0 Å². The van der Waals surface area contributed by atoms with Crippen LogP contribution in [0, 0.1) is 0 Å². The molecule has 0 aromatic heterocycles. The van der Waals surface area contributed by atoms with Crippen molar-refractivity contribution < 1.29 is 14.6 Å². The number of nitrogens with zero attached hydrogens (tertiary/aromatic N) is 2. The zero-order chi connectivity index (χ0) is 15.2. The summed E-state index contributed by atoms with van der Waals surface area (Å²) in [4.78, 5) is 16.6. The van der Waals surface area contributed by atoms with Crippen molar-refractivity contribution in [3.8, 4) is 11.5 Å². The van der Waals surface area contributed by atoms with E-state index < -0.39 is 0 Å². The van der Waals surface area contributed by atoms with E-state index in [2.05, 4.69) is 4.90 Å². The number of phenolic OH excluding ortho intramolecular Hbond substituents is 1. The van der Waals surface area contributed by atoms with Gasteiger partial charge in [-0.15, -0.1) is 11.6 Å². The van der Waals surface area contributed by atoms with Crippen LogP contribution in [0.15, 0.2) is 18.2 Å². The molecule has 1 amide bonds. The van der Waals surface area contributed by atoms with E-state index in [0.29, 0.717) is 30.3 Å². The van der Waals surface area contributed by atoms with E-state index in [4.69, 9.17) is 16.3 Å². The smallest absolute Gasteiger partial charge is 0.257 e. The first-order valence-corrected chi connectivity index (χ1v) is 7.63. The second-order valence-electron chi connectivity index (χ2n) is 5.06. The summed E-state index contributed by atoms with van der Waals surface area (Å²) in [5.74, 6) is 0.963. The molecule has 1 aromatic carbocycles. The highest BCUT2D eigenvalue weighted by Crippen LogP contribution is 2.25. The molecule has 0 atom stereocenters. The van der Waals surface area contributed by atoms with Crippen molar-refractivity contribution in [2.24, 2.45) is 0 Å². The molecule has 0 bridgehead atoms. The van der Waals surface area contributed by atoms with Crippen molar-refractivity contribution >= 4 is 17.5 Å². The highest BCUT2D eigenvalue weighted by molar-refractivity contribution is 6.18. The lowest BCUT2D eigenvalue weighted by Crippen LogP contribution is -2.35. The van der Waals surface area contributed by atoms with Crippen LogP contribution in [0.25, 0.3) is 0 Å². The summed E-state index contributed by atoms with van der Waals surface area (Å²) in [7, 11) is 1.52. The fraction of sp³-hybridized carbons (Fsp3) is 0.533. The maximum Gasteiger partial charge on any atom is 0.257 e. The average Bonchev–Trinajstić information content (AvgIpc) is 2.72. The Bertz CT molecular complexity index is 496. The molecule has 1 aromatic rings. The lowest BCUT2D eigenvalue weighted by atomic mass is 10.1. The third kappa shape index (κ3) is 4.02. The van der Waals surface area contributed by atoms with Crippen molar-refractivity contribution in [1.29, 1.82) is 0 Å². The van der Waals surface area contributed by atoms with Gasteiger partial charge in [0.2, 0.25) is 0 Å². The molecule has 6 heteroatoms. The lowest BCUT2D eigenvalue weighted by molar-refractivity contribution is 0.0758. The number of amides is 1. The molecule has 0 aliphatic carbocycles. The van der Waals surface area contributed by atoms with Crippen molar-refractivity contribution in [2.45, 2.75) is 6.42 Å². The topological polar surface area (TPSA) is 53.0 Å². The summed E-state index contributed by atoms with van der Waals surface area (Å²) < 4.78 is 5.03. The maximum absolute atomic E-state index is 12.5.